The monoisotopic (exact) mass is 312 g/mol. The molecule has 3 nitrogen and oxygen atoms in total. The Labute approximate surface area is 136 Å². The van der Waals surface area contributed by atoms with Crippen molar-refractivity contribution in [3.8, 4) is 0 Å². The number of unbranched alkanes of at least 4 members (excludes halogenated alkanes) is 13. The molecule has 1 unspecified atom stereocenters. The molecule has 0 aliphatic rings. The number of carbonyl (C=O) groups excluding carboxylic acids is 1. The fourth-order valence-electron chi connectivity index (χ4n) is 2.81. The molecule has 3 heteroatoms. The van der Waals surface area contributed by atoms with E-state index in [4.69, 9.17) is 5.11 Å². The van der Waals surface area contributed by atoms with Crippen molar-refractivity contribution in [1.29, 1.82) is 0 Å². The lowest BCUT2D eigenvalue weighted by Crippen LogP contribution is -2.14. The van der Waals surface area contributed by atoms with Crippen molar-refractivity contribution in [2.45, 2.75) is 103 Å². The average molecular weight is 312 g/mol. The van der Waals surface area contributed by atoms with Crippen LogP contribution in [-0.4, -0.2) is 17.4 Å². The number of carboxylic acids is 1. The molecule has 0 radical (unpaired) electrons. The highest BCUT2D eigenvalue weighted by Gasteiger charge is 2.14. The lowest BCUT2D eigenvalue weighted by atomic mass is 10.0. The number of carbonyl (C=O) groups is 2. The highest BCUT2D eigenvalue weighted by Crippen LogP contribution is 2.14. The van der Waals surface area contributed by atoms with E-state index in [1.165, 1.54) is 77.0 Å². The topological polar surface area (TPSA) is 54.4 Å². The predicted octanol–water partition coefficient (Wildman–Crippen LogP) is 5.76. The zero-order chi connectivity index (χ0) is 16.5. The first-order valence-electron chi connectivity index (χ1n) is 9.40. The summed E-state index contributed by atoms with van der Waals surface area (Å²) in [5, 5.41) is 8.75. The highest BCUT2D eigenvalue weighted by molar-refractivity contribution is 5.86. The molecule has 0 aromatic heterocycles. The van der Waals surface area contributed by atoms with Gasteiger partial charge >= 0.3 is 5.97 Å². The Morgan fingerprint density at radius 2 is 1.14 bits per heavy atom. The van der Waals surface area contributed by atoms with Crippen LogP contribution in [0, 0.1) is 5.92 Å². The third-order valence-corrected chi connectivity index (χ3v) is 4.35. The van der Waals surface area contributed by atoms with E-state index in [9.17, 15) is 9.59 Å². The second-order valence-corrected chi connectivity index (χ2v) is 6.47. The van der Waals surface area contributed by atoms with Crippen LogP contribution >= 0.6 is 0 Å². The maximum Gasteiger partial charge on any atom is 0.313 e. The van der Waals surface area contributed by atoms with Crippen LogP contribution in [0.1, 0.15) is 103 Å². The normalized spacial score (nSPS) is 12.2. The Balaban J connectivity index is 3.14. The second-order valence-electron chi connectivity index (χ2n) is 6.47. The van der Waals surface area contributed by atoms with Crippen molar-refractivity contribution in [1.82, 2.24) is 0 Å². The number of carboxylic acid groups (broad SMARTS) is 1. The van der Waals surface area contributed by atoms with E-state index < -0.39 is 11.9 Å². The smallest absolute Gasteiger partial charge is 0.313 e. The molecule has 0 spiro atoms. The molecule has 0 saturated heterocycles. The third-order valence-electron chi connectivity index (χ3n) is 4.35. The van der Waals surface area contributed by atoms with Gasteiger partial charge in [-0.05, 0) is 6.42 Å². The Hall–Kier alpha value is -0.860. The molecule has 0 saturated carbocycles. The molecule has 0 bridgehead atoms. The van der Waals surface area contributed by atoms with E-state index in [-0.39, 0.29) is 0 Å². The van der Waals surface area contributed by atoms with Crippen molar-refractivity contribution in [3.05, 3.63) is 0 Å². The largest absolute Gasteiger partial charge is 0.481 e. The van der Waals surface area contributed by atoms with Crippen LogP contribution in [0.4, 0.5) is 0 Å². The van der Waals surface area contributed by atoms with E-state index in [0.717, 1.165) is 12.8 Å². The van der Waals surface area contributed by atoms with Gasteiger partial charge in [-0.15, -0.1) is 0 Å². The SMILES string of the molecule is CCCCCCCCCCCCCCCCC(C=O)C(=O)O. The number of rotatable bonds is 17. The molecule has 1 atom stereocenters. The van der Waals surface area contributed by atoms with Crippen LogP contribution in [0.25, 0.3) is 0 Å². The van der Waals surface area contributed by atoms with Crippen molar-refractivity contribution >= 4 is 12.3 Å². The van der Waals surface area contributed by atoms with Gasteiger partial charge in [0.1, 0.15) is 12.2 Å². The minimum Gasteiger partial charge on any atom is -0.481 e. The Bertz CT molecular complexity index is 263. The molecule has 0 rings (SSSR count). The van der Waals surface area contributed by atoms with Crippen LogP contribution in [0.2, 0.25) is 0 Å². The summed E-state index contributed by atoms with van der Waals surface area (Å²) in [5.41, 5.74) is 0. The second kappa shape index (κ2) is 16.5. The third kappa shape index (κ3) is 14.1. The van der Waals surface area contributed by atoms with Crippen molar-refractivity contribution in [3.63, 3.8) is 0 Å². The molecule has 130 valence electrons. The van der Waals surface area contributed by atoms with E-state index in [0.29, 0.717) is 12.7 Å². The molecule has 22 heavy (non-hydrogen) atoms. The van der Waals surface area contributed by atoms with Crippen molar-refractivity contribution < 1.29 is 14.7 Å². The standard InChI is InChI=1S/C19H36O3/c1-2-3-4-5-6-7-8-9-10-11-12-13-14-15-16-18(17-20)19(21)22/h17-18H,2-16H2,1H3,(H,21,22). The fraction of sp³-hybridized carbons (Fsp3) is 0.895. The number of aldehydes is 1. The lowest BCUT2D eigenvalue weighted by molar-refractivity contribution is -0.143. The van der Waals surface area contributed by atoms with Crippen LogP contribution in [0.15, 0.2) is 0 Å². The van der Waals surface area contributed by atoms with Crippen LogP contribution in [0.3, 0.4) is 0 Å². The molecular weight excluding hydrogens is 276 g/mol. The Morgan fingerprint density at radius 1 is 0.773 bits per heavy atom. The molecule has 0 aromatic carbocycles. The quantitative estimate of drug-likeness (QED) is 0.211. The first-order chi connectivity index (χ1) is 10.7. The molecule has 1 N–H and O–H groups in total. The first kappa shape index (κ1) is 21.1. The summed E-state index contributed by atoms with van der Waals surface area (Å²) in [6, 6.07) is 0. The number of hydrogen-bond acceptors (Lipinski definition) is 2. The molecule has 0 aliphatic heterocycles. The Kier molecular flexibility index (Phi) is 15.9. The minimum absolute atomic E-state index is 0.497. The summed E-state index contributed by atoms with van der Waals surface area (Å²) < 4.78 is 0. The molecule has 0 aliphatic carbocycles. The summed E-state index contributed by atoms with van der Waals surface area (Å²) in [6.45, 7) is 2.26. The Morgan fingerprint density at radius 3 is 1.45 bits per heavy atom. The minimum atomic E-state index is -0.982. The summed E-state index contributed by atoms with van der Waals surface area (Å²) in [4.78, 5) is 21.2. The average Bonchev–Trinajstić information content (AvgIpc) is 2.51. The first-order valence-corrected chi connectivity index (χ1v) is 9.40. The van der Waals surface area contributed by atoms with Gasteiger partial charge in [0.05, 0.1) is 0 Å². The number of hydrogen-bond donors (Lipinski definition) is 1. The van der Waals surface area contributed by atoms with Crippen molar-refractivity contribution in [2.75, 3.05) is 0 Å². The van der Waals surface area contributed by atoms with Gasteiger partial charge in [0.15, 0.2) is 0 Å². The van der Waals surface area contributed by atoms with E-state index in [2.05, 4.69) is 6.92 Å². The summed E-state index contributed by atoms with van der Waals surface area (Å²) in [6.07, 6.45) is 19.1. The van der Waals surface area contributed by atoms with E-state index in [1.807, 2.05) is 0 Å². The highest BCUT2D eigenvalue weighted by atomic mass is 16.4. The lowest BCUT2D eigenvalue weighted by Gasteiger charge is -2.05. The zero-order valence-corrected chi connectivity index (χ0v) is 14.5. The molecule has 0 aromatic rings. The van der Waals surface area contributed by atoms with Gasteiger partial charge in [-0.25, -0.2) is 0 Å². The van der Waals surface area contributed by atoms with Gasteiger partial charge < -0.3 is 9.90 Å². The van der Waals surface area contributed by atoms with Gasteiger partial charge in [-0.1, -0.05) is 96.8 Å². The summed E-state index contributed by atoms with van der Waals surface area (Å²) >= 11 is 0. The van der Waals surface area contributed by atoms with Gasteiger partial charge in [0.2, 0.25) is 0 Å². The van der Waals surface area contributed by atoms with Gasteiger partial charge in [0.25, 0.3) is 0 Å². The van der Waals surface area contributed by atoms with E-state index in [1.54, 1.807) is 0 Å². The van der Waals surface area contributed by atoms with Crippen molar-refractivity contribution in [2.24, 2.45) is 5.92 Å². The number of aliphatic carboxylic acids is 1. The molecule has 0 heterocycles. The van der Waals surface area contributed by atoms with E-state index >= 15 is 0 Å². The van der Waals surface area contributed by atoms with Gasteiger partial charge in [0, 0.05) is 0 Å². The summed E-state index contributed by atoms with van der Waals surface area (Å²) in [5.74, 6) is -1.78. The van der Waals surface area contributed by atoms with Gasteiger partial charge in [-0.3, -0.25) is 4.79 Å². The molecule has 0 amide bonds. The fourth-order valence-corrected chi connectivity index (χ4v) is 2.81. The van der Waals surface area contributed by atoms with Crippen LogP contribution in [-0.2, 0) is 9.59 Å². The maximum absolute atomic E-state index is 10.7. The summed E-state index contributed by atoms with van der Waals surface area (Å²) in [7, 11) is 0. The van der Waals surface area contributed by atoms with Gasteiger partial charge in [-0.2, -0.15) is 0 Å². The molecule has 0 fully saturated rings. The maximum atomic E-state index is 10.7. The predicted molar refractivity (Wildman–Crippen MR) is 92.1 cm³/mol. The van der Waals surface area contributed by atoms with Crippen LogP contribution in [0.5, 0.6) is 0 Å². The zero-order valence-electron chi connectivity index (χ0n) is 14.5. The molecular formula is C19H36O3. The van der Waals surface area contributed by atoms with Crippen LogP contribution < -0.4 is 0 Å².